The molecule has 1 aliphatic heterocycles. The van der Waals surface area contributed by atoms with Crippen molar-refractivity contribution < 1.29 is 13.0 Å². The molecule has 1 aromatic heterocycles. The summed E-state index contributed by atoms with van der Waals surface area (Å²) in [5.74, 6) is 0. The Morgan fingerprint density at radius 2 is 1.83 bits per heavy atom. The van der Waals surface area contributed by atoms with Gasteiger partial charge in [-0.2, -0.15) is 12.8 Å². The van der Waals surface area contributed by atoms with Gasteiger partial charge in [0.15, 0.2) is 0 Å². The first-order valence-electron chi connectivity index (χ1n) is 12.7. The Bertz CT molecular complexity index is 1270. The quantitative estimate of drug-likeness (QED) is 0.466. The smallest absolute Gasteiger partial charge is 0.261 e. The van der Waals surface area contributed by atoms with Gasteiger partial charge < -0.3 is 10.2 Å². The second kappa shape index (κ2) is 11.1. The zero-order chi connectivity index (χ0) is 25.9. The first-order valence-corrected chi connectivity index (χ1v) is 15.3. The Labute approximate surface area is 219 Å². The number of aromatic nitrogens is 1. The topological polar surface area (TPSA) is 85.8 Å². The molecular weight excluding hydrogens is 492 g/mol. The largest absolute Gasteiger partial charge is 0.359 e. The second-order valence-corrected chi connectivity index (χ2v) is 12.6. The summed E-state index contributed by atoms with van der Waals surface area (Å²) in [5.41, 5.74) is 5.91. The molecule has 7 nitrogen and oxygen atoms in total. The van der Waals surface area contributed by atoms with E-state index in [0.717, 1.165) is 57.6 Å². The average Bonchev–Trinajstić information content (AvgIpc) is 3.36. The third kappa shape index (κ3) is 6.44. The Morgan fingerprint density at radius 3 is 2.53 bits per heavy atom. The summed E-state index contributed by atoms with van der Waals surface area (Å²) in [4.78, 5) is 5.15. The predicted octanol–water partition coefficient (Wildman–Crippen LogP) is 3.98. The summed E-state index contributed by atoms with van der Waals surface area (Å²) in [7, 11) is -3.67. The van der Waals surface area contributed by atoms with Crippen LogP contribution in [0, 0.1) is 0 Å². The van der Waals surface area contributed by atoms with E-state index in [9.17, 15) is 8.42 Å². The molecule has 196 valence electrons. The molecule has 2 aliphatic rings. The van der Waals surface area contributed by atoms with E-state index >= 15 is 0 Å². The lowest BCUT2D eigenvalue weighted by Crippen LogP contribution is -2.46. The van der Waals surface area contributed by atoms with Crippen molar-refractivity contribution in [3.8, 4) is 0 Å². The van der Waals surface area contributed by atoms with E-state index in [4.69, 9.17) is 4.55 Å². The summed E-state index contributed by atoms with van der Waals surface area (Å²) in [6.45, 7) is 13.6. The molecule has 5 rings (SSSR count). The van der Waals surface area contributed by atoms with Gasteiger partial charge in [0.1, 0.15) is 5.00 Å². The number of fused-ring (bicyclic) bond motifs is 2. The number of benzene rings is 2. The van der Waals surface area contributed by atoms with E-state index in [2.05, 4.69) is 82.7 Å². The molecule has 1 atom stereocenters. The Kier molecular flexibility index (Phi) is 8.36. The van der Waals surface area contributed by atoms with E-state index in [0.29, 0.717) is 12.3 Å². The van der Waals surface area contributed by atoms with Gasteiger partial charge in [-0.25, -0.2) is 0 Å². The van der Waals surface area contributed by atoms with Crippen molar-refractivity contribution in [2.24, 2.45) is 0 Å². The number of likely N-dealkylation sites (N-methyl/N-ethyl adjacent to an activating group) is 1. The molecule has 2 heterocycles. The van der Waals surface area contributed by atoms with Crippen LogP contribution in [0.15, 0.2) is 42.5 Å². The van der Waals surface area contributed by atoms with Crippen molar-refractivity contribution in [2.75, 3.05) is 50.4 Å². The highest BCUT2D eigenvalue weighted by Crippen LogP contribution is 2.39. The van der Waals surface area contributed by atoms with Gasteiger partial charge in [-0.3, -0.25) is 9.45 Å². The molecule has 1 unspecified atom stereocenters. The molecule has 2 N–H and O–H groups in total. The number of hydrogen-bond acceptors (Lipinski definition) is 7. The molecule has 0 saturated carbocycles. The van der Waals surface area contributed by atoms with Crippen molar-refractivity contribution in [3.05, 3.63) is 59.2 Å². The standard InChI is InChI=1S/C26H34N4S.CH4O3S/c1-4-27-24-18-20-10-9-19(17-22(20)26(24,2)3)11-12-29-13-15-30(16-14-29)25-21-7-5-6-8-23(21)28-31-25;1-5(2,3)4/h5-10,17,24,27H,4,11-16,18H2,1-3H3;1H3,(H,2,3,4). The lowest BCUT2D eigenvalue weighted by molar-refractivity contribution is 0.261. The van der Waals surface area contributed by atoms with Crippen LogP contribution in [0.1, 0.15) is 37.5 Å². The first-order chi connectivity index (χ1) is 17.1. The molecule has 2 aromatic carbocycles. The van der Waals surface area contributed by atoms with Crippen molar-refractivity contribution in [1.29, 1.82) is 0 Å². The van der Waals surface area contributed by atoms with Crippen LogP contribution in [-0.4, -0.2) is 73.8 Å². The van der Waals surface area contributed by atoms with Crippen LogP contribution in [0.5, 0.6) is 0 Å². The number of nitrogens with zero attached hydrogens (tertiary/aromatic N) is 3. The van der Waals surface area contributed by atoms with Crippen LogP contribution in [0.25, 0.3) is 10.9 Å². The van der Waals surface area contributed by atoms with E-state index in [1.54, 1.807) is 17.1 Å². The Morgan fingerprint density at radius 1 is 1.14 bits per heavy atom. The van der Waals surface area contributed by atoms with E-state index < -0.39 is 10.1 Å². The van der Waals surface area contributed by atoms with Crippen LogP contribution in [0.4, 0.5) is 5.00 Å². The Hall–Kier alpha value is -2.04. The fraction of sp³-hybridized carbons (Fsp3) is 0.519. The van der Waals surface area contributed by atoms with Crippen molar-refractivity contribution in [2.45, 2.75) is 45.1 Å². The predicted molar refractivity (Wildman–Crippen MR) is 150 cm³/mol. The van der Waals surface area contributed by atoms with Crippen LogP contribution in [-0.2, 0) is 28.4 Å². The summed E-state index contributed by atoms with van der Waals surface area (Å²) >= 11 is 1.65. The summed E-state index contributed by atoms with van der Waals surface area (Å²) in [6.07, 6.45) is 3.01. The molecule has 3 aromatic rings. The minimum Gasteiger partial charge on any atom is -0.359 e. The number of piperazine rings is 1. The maximum atomic E-state index is 9.19. The molecule has 1 aliphatic carbocycles. The SMILES string of the molecule is CCNC1Cc2ccc(CCN3CCN(c4snc5ccccc45)CC3)cc2C1(C)C.CS(=O)(=O)O. The van der Waals surface area contributed by atoms with E-state index in [1.165, 1.54) is 21.5 Å². The molecule has 0 amide bonds. The van der Waals surface area contributed by atoms with Gasteiger partial charge in [0, 0.05) is 49.6 Å². The van der Waals surface area contributed by atoms with Crippen LogP contribution in [0.2, 0.25) is 0 Å². The van der Waals surface area contributed by atoms with Gasteiger partial charge >= 0.3 is 0 Å². The molecule has 36 heavy (non-hydrogen) atoms. The third-order valence-electron chi connectivity index (χ3n) is 7.36. The zero-order valence-electron chi connectivity index (χ0n) is 21.7. The Balaban J connectivity index is 0.000000556. The lowest BCUT2D eigenvalue weighted by Gasteiger charge is -2.35. The second-order valence-electron chi connectivity index (χ2n) is 10.3. The van der Waals surface area contributed by atoms with Crippen molar-refractivity contribution in [1.82, 2.24) is 14.6 Å². The first kappa shape index (κ1) is 27.0. The normalized spacial score (nSPS) is 19.7. The van der Waals surface area contributed by atoms with Gasteiger partial charge in [0.05, 0.1) is 11.8 Å². The van der Waals surface area contributed by atoms with Gasteiger partial charge in [-0.15, -0.1) is 0 Å². The highest BCUT2D eigenvalue weighted by Gasteiger charge is 2.38. The lowest BCUT2D eigenvalue weighted by atomic mass is 9.82. The maximum absolute atomic E-state index is 9.19. The van der Waals surface area contributed by atoms with Gasteiger partial charge in [-0.1, -0.05) is 51.1 Å². The summed E-state index contributed by atoms with van der Waals surface area (Å²) < 4.78 is 30.5. The average molecular weight is 531 g/mol. The van der Waals surface area contributed by atoms with Crippen LogP contribution >= 0.6 is 11.5 Å². The van der Waals surface area contributed by atoms with Crippen LogP contribution < -0.4 is 10.2 Å². The number of rotatable bonds is 6. The van der Waals surface area contributed by atoms with Gasteiger partial charge in [0.25, 0.3) is 10.1 Å². The number of anilines is 1. The molecule has 9 heteroatoms. The van der Waals surface area contributed by atoms with Crippen molar-refractivity contribution >= 4 is 37.6 Å². The minimum atomic E-state index is -3.67. The van der Waals surface area contributed by atoms with Gasteiger partial charge in [0.2, 0.25) is 0 Å². The van der Waals surface area contributed by atoms with E-state index in [1.807, 2.05) is 0 Å². The molecule has 0 spiro atoms. The van der Waals surface area contributed by atoms with Crippen LogP contribution in [0.3, 0.4) is 0 Å². The minimum absolute atomic E-state index is 0.213. The van der Waals surface area contributed by atoms with Crippen molar-refractivity contribution in [3.63, 3.8) is 0 Å². The molecule has 0 bridgehead atoms. The highest BCUT2D eigenvalue weighted by atomic mass is 32.2. The maximum Gasteiger partial charge on any atom is 0.261 e. The number of nitrogens with one attached hydrogen (secondary N) is 1. The summed E-state index contributed by atoms with van der Waals surface area (Å²) in [6, 6.07) is 16.3. The highest BCUT2D eigenvalue weighted by molar-refractivity contribution is 7.85. The zero-order valence-corrected chi connectivity index (χ0v) is 23.3. The number of hydrogen-bond donors (Lipinski definition) is 2. The summed E-state index contributed by atoms with van der Waals surface area (Å²) in [5, 5.41) is 6.34. The third-order valence-corrected chi connectivity index (χ3v) is 8.29. The molecule has 1 fully saturated rings. The molecule has 0 radical (unpaired) electrons. The fourth-order valence-corrected chi connectivity index (χ4v) is 6.27. The van der Waals surface area contributed by atoms with Gasteiger partial charge in [-0.05, 0) is 59.7 Å². The fourth-order valence-electron chi connectivity index (χ4n) is 5.36. The molecular formula is C27H38N4O3S2. The van der Waals surface area contributed by atoms with E-state index in [-0.39, 0.29) is 5.41 Å². The monoisotopic (exact) mass is 530 g/mol. The molecule has 1 saturated heterocycles.